The average Bonchev–Trinajstić information content (AvgIpc) is 2.55. The summed E-state index contributed by atoms with van der Waals surface area (Å²) in [5, 5.41) is 8.91. The molecule has 0 radical (unpaired) electrons. The molecule has 0 aliphatic carbocycles. The first-order valence-corrected chi connectivity index (χ1v) is 8.61. The van der Waals surface area contributed by atoms with Crippen molar-refractivity contribution in [3.05, 3.63) is 41.7 Å². The highest BCUT2D eigenvalue weighted by atomic mass is 19.4. The van der Waals surface area contributed by atoms with Crippen LogP contribution in [-0.4, -0.2) is 48.3 Å². The molecule has 0 saturated carbocycles. The minimum atomic E-state index is -4.78. The van der Waals surface area contributed by atoms with Gasteiger partial charge in [0.05, 0.1) is 17.3 Å². The molecule has 0 aromatic heterocycles. The highest BCUT2D eigenvalue weighted by Crippen LogP contribution is 2.44. The van der Waals surface area contributed by atoms with Crippen LogP contribution in [0.4, 0.5) is 23.2 Å². The number of likely N-dealkylation sites (tertiary alicyclic amines) is 1. The number of fused-ring (bicyclic) bond motifs is 1. The first kappa shape index (κ1) is 19.3. The van der Waals surface area contributed by atoms with Crippen LogP contribution in [-0.2, 0) is 6.18 Å². The molecule has 0 amide bonds. The van der Waals surface area contributed by atoms with Crippen LogP contribution >= 0.6 is 0 Å². The fraction of sp³-hybridized carbons (Fsp3) is 0.444. The Morgan fingerprint density at radius 1 is 1.37 bits per heavy atom. The van der Waals surface area contributed by atoms with Crippen molar-refractivity contribution in [1.29, 1.82) is 0 Å². The lowest BCUT2D eigenvalue weighted by Gasteiger charge is -2.46. The van der Waals surface area contributed by atoms with E-state index in [1.165, 1.54) is 17.3 Å². The van der Waals surface area contributed by atoms with Crippen molar-refractivity contribution < 1.29 is 17.6 Å². The first-order chi connectivity index (χ1) is 12.8. The lowest BCUT2D eigenvalue weighted by atomic mass is 9.95. The molecular formula is C18H21F4N5. The molecule has 1 aromatic carbocycles. The number of hydrazone groups is 1. The number of alkyl halides is 3. The maximum atomic E-state index is 14.9. The Morgan fingerprint density at radius 2 is 2.07 bits per heavy atom. The maximum Gasteiger partial charge on any atom is 0.419 e. The van der Waals surface area contributed by atoms with Gasteiger partial charge in [0.2, 0.25) is 5.96 Å². The average molecular weight is 383 g/mol. The smallest absolute Gasteiger partial charge is 0.338 e. The van der Waals surface area contributed by atoms with Gasteiger partial charge in [-0.25, -0.2) is 14.4 Å². The van der Waals surface area contributed by atoms with Gasteiger partial charge in [0.1, 0.15) is 5.82 Å². The molecule has 1 aromatic rings. The number of nitrogens with zero attached hydrogens (tertiary/aromatic N) is 4. The molecule has 2 heterocycles. The Labute approximate surface area is 155 Å². The molecule has 0 bridgehead atoms. The second-order valence-corrected chi connectivity index (χ2v) is 6.42. The van der Waals surface area contributed by atoms with Gasteiger partial charge in [0, 0.05) is 30.9 Å². The van der Waals surface area contributed by atoms with Crippen molar-refractivity contribution in [2.75, 3.05) is 20.1 Å². The van der Waals surface area contributed by atoms with Crippen LogP contribution in [0.1, 0.15) is 30.5 Å². The van der Waals surface area contributed by atoms with Crippen molar-refractivity contribution >= 4 is 17.9 Å². The topological polar surface area (TPSA) is 43.2 Å². The molecular weight excluding hydrogens is 362 g/mol. The largest absolute Gasteiger partial charge is 0.419 e. The van der Waals surface area contributed by atoms with Crippen LogP contribution < -0.4 is 5.32 Å². The summed E-state index contributed by atoms with van der Waals surface area (Å²) >= 11 is 0. The predicted molar refractivity (Wildman–Crippen MR) is 96.5 cm³/mol. The van der Waals surface area contributed by atoms with Gasteiger partial charge in [-0.2, -0.15) is 18.3 Å². The summed E-state index contributed by atoms with van der Waals surface area (Å²) in [6.07, 6.45) is -1.50. The van der Waals surface area contributed by atoms with E-state index in [4.69, 9.17) is 0 Å². The molecule has 2 aliphatic heterocycles. The zero-order valence-electron chi connectivity index (χ0n) is 15.1. The molecule has 0 spiro atoms. The molecule has 146 valence electrons. The number of likely N-dealkylation sites (N-methyl/N-ethyl adjacent to an activating group) is 1. The third-order valence-corrected chi connectivity index (χ3v) is 4.72. The summed E-state index contributed by atoms with van der Waals surface area (Å²) in [6, 6.07) is 1.51. The summed E-state index contributed by atoms with van der Waals surface area (Å²) in [5.41, 5.74) is -1.21. The molecule has 5 nitrogen and oxygen atoms in total. The number of benzene rings is 1. The Balaban J connectivity index is 2.13. The second kappa shape index (κ2) is 7.30. The van der Waals surface area contributed by atoms with E-state index in [0.717, 1.165) is 6.07 Å². The number of nitrogens with one attached hydrogen (secondary N) is 1. The summed E-state index contributed by atoms with van der Waals surface area (Å²) in [5.74, 6) is -0.805. The molecule has 1 atom stereocenters. The number of rotatable bonds is 4. The van der Waals surface area contributed by atoms with Crippen LogP contribution in [0, 0.1) is 5.82 Å². The van der Waals surface area contributed by atoms with Crippen LogP contribution in [0.2, 0.25) is 0 Å². The van der Waals surface area contributed by atoms with Gasteiger partial charge in [0.25, 0.3) is 0 Å². The molecule has 1 N–H and O–H groups in total. The predicted octanol–water partition coefficient (Wildman–Crippen LogP) is 3.67. The number of hydrogen-bond donors (Lipinski definition) is 1. The molecule has 1 unspecified atom stereocenters. The Kier molecular flexibility index (Phi) is 5.23. The van der Waals surface area contributed by atoms with Crippen molar-refractivity contribution in [1.82, 2.24) is 15.2 Å². The lowest BCUT2D eigenvalue weighted by molar-refractivity contribution is -0.140. The fourth-order valence-electron chi connectivity index (χ4n) is 3.31. The van der Waals surface area contributed by atoms with E-state index in [1.807, 2.05) is 11.9 Å². The molecule has 1 fully saturated rings. The van der Waals surface area contributed by atoms with E-state index in [2.05, 4.69) is 22.0 Å². The van der Waals surface area contributed by atoms with Gasteiger partial charge in [-0.05, 0) is 32.5 Å². The minimum absolute atomic E-state index is 0.107. The highest BCUT2D eigenvalue weighted by Gasteiger charge is 2.42. The quantitative estimate of drug-likeness (QED) is 0.490. The lowest BCUT2D eigenvalue weighted by Crippen LogP contribution is -2.62. The second-order valence-electron chi connectivity index (χ2n) is 6.42. The normalized spacial score (nSPS) is 20.5. The maximum absolute atomic E-state index is 14.9. The monoisotopic (exact) mass is 383 g/mol. The van der Waals surface area contributed by atoms with Crippen molar-refractivity contribution in [3.8, 4) is 0 Å². The van der Waals surface area contributed by atoms with E-state index in [9.17, 15) is 17.6 Å². The van der Waals surface area contributed by atoms with Gasteiger partial charge < -0.3 is 10.2 Å². The fourth-order valence-corrected chi connectivity index (χ4v) is 3.31. The zero-order valence-corrected chi connectivity index (χ0v) is 15.1. The van der Waals surface area contributed by atoms with Crippen molar-refractivity contribution in [2.45, 2.75) is 31.6 Å². The van der Waals surface area contributed by atoms with Crippen molar-refractivity contribution in [2.24, 2.45) is 10.1 Å². The SMILES string of the molecule is C=CCC1c2c(ccc(C(F)(F)F)c2F)N=C(N2CC(NC)C2)N1/N=C\C. The van der Waals surface area contributed by atoms with Gasteiger partial charge in [-0.3, -0.25) is 0 Å². The zero-order chi connectivity index (χ0) is 19.8. The molecule has 9 heteroatoms. The molecule has 27 heavy (non-hydrogen) atoms. The summed E-state index contributed by atoms with van der Waals surface area (Å²) in [4.78, 5) is 6.40. The standard InChI is InChI=1S/C18H21F4N5/c1-4-6-14-15-13(8-7-12(16(15)19)18(20,21)22)25-17(27(14)24-5-2)26-9-11(10-26)23-3/h4-5,7-8,11,14,23H,1,6,9-10H2,2-3H3/b24-5-. The van der Waals surface area contributed by atoms with Crippen LogP contribution in [0.3, 0.4) is 0 Å². The van der Waals surface area contributed by atoms with E-state index < -0.39 is 23.6 Å². The van der Waals surface area contributed by atoms with E-state index in [-0.39, 0.29) is 17.7 Å². The number of halogens is 4. The highest BCUT2D eigenvalue weighted by molar-refractivity contribution is 5.87. The third-order valence-electron chi connectivity index (χ3n) is 4.72. The van der Waals surface area contributed by atoms with E-state index in [0.29, 0.717) is 25.1 Å². The van der Waals surface area contributed by atoms with Gasteiger partial charge in [-0.15, -0.1) is 6.58 Å². The van der Waals surface area contributed by atoms with E-state index >= 15 is 0 Å². The van der Waals surface area contributed by atoms with Crippen molar-refractivity contribution in [3.63, 3.8) is 0 Å². The molecule has 2 aliphatic rings. The number of hydrogen-bond acceptors (Lipinski definition) is 5. The number of aliphatic imine (C=N–C) groups is 1. The Morgan fingerprint density at radius 3 is 2.63 bits per heavy atom. The summed E-state index contributed by atoms with van der Waals surface area (Å²) in [6.45, 7) is 6.72. The van der Waals surface area contributed by atoms with Crippen LogP contribution in [0.5, 0.6) is 0 Å². The Hall–Kier alpha value is -2.42. The summed E-state index contributed by atoms with van der Waals surface area (Å²) < 4.78 is 54.4. The van der Waals surface area contributed by atoms with Crippen LogP contribution in [0.15, 0.2) is 34.9 Å². The molecule has 1 saturated heterocycles. The number of guanidine groups is 1. The minimum Gasteiger partial charge on any atom is -0.338 e. The van der Waals surface area contributed by atoms with Gasteiger partial charge in [-0.1, -0.05) is 6.08 Å². The molecule has 3 rings (SSSR count). The Bertz CT molecular complexity index is 781. The third kappa shape index (κ3) is 3.43. The first-order valence-electron chi connectivity index (χ1n) is 8.61. The van der Waals surface area contributed by atoms with E-state index in [1.54, 1.807) is 13.0 Å². The van der Waals surface area contributed by atoms with Gasteiger partial charge in [0.15, 0.2) is 0 Å². The van der Waals surface area contributed by atoms with Gasteiger partial charge >= 0.3 is 6.18 Å². The van der Waals surface area contributed by atoms with Crippen LogP contribution in [0.25, 0.3) is 0 Å². The summed E-state index contributed by atoms with van der Waals surface area (Å²) in [7, 11) is 1.86.